The number of aryl methyl sites for hydroxylation is 1. The third kappa shape index (κ3) is 4.43. The van der Waals surface area contributed by atoms with Crippen LogP contribution in [0, 0.1) is 0 Å². The Kier molecular flexibility index (Phi) is 5.55. The van der Waals surface area contributed by atoms with Crippen molar-refractivity contribution in [2.45, 2.75) is 24.7 Å². The van der Waals surface area contributed by atoms with Crippen molar-refractivity contribution in [2.75, 3.05) is 0 Å². The smallest absolute Gasteiger partial charge is 0.280 e. The fraction of sp³-hybridized carbons (Fsp3) is 0.176. The lowest BCUT2D eigenvalue weighted by Gasteiger charge is -2.14. The highest BCUT2D eigenvalue weighted by atomic mass is 32.2. The molecule has 132 valence electrons. The molecule has 2 rings (SSSR count). The number of rotatable bonds is 5. The maximum absolute atomic E-state index is 12.3. The number of primary sulfonamides is 1. The second-order valence-electron chi connectivity index (χ2n) is 5.51. The van der Waals surface area contributed by atoms with E-state index in [4.69, 9.17) is 16.6 Å². The minimum Gasteiger partial charge on any atom is -0.370 e. The quantitative estimate of drug-likeness (QED) is 0.545. The van der Waals surface area contributed by atoms with Gasteiger partial charge in [-0.3, -0.25) is 4.79 Å². The summed E-state index contributed by atoms with van der Waals surface area (Å²) in [5.74, 6) is -1.09. The van der Waals surface area contributed by atoms with Gasteiger partial charge in [0.05, 0.1) is 4.90 Å². The summed E-state index contributed by atoms with van der Waals surface area (Å²) in [6, 6.07) is 11.9. The zero-order valence-corrected chi connectivity index (χ0v) is 14.6. The largest absolute Gasteiger partial charge is 0.370 e. The first-order chi connectivity index (χ1) is 11.7. The Balaban J connectivity index is 2.80. The molecule has 0 aliphatic rings. The number of guanidine groups is 1. The Hall–Kier alpha value is -2.71. The number of benzene rings is 2. The van der Waals surface area contributed by atoms with E-state index in [-0.39, 0.29) is 10.5 Å². The van der Waals surface area contributed by atoms with Gasteiger partial charge in [0.1, 0.15) is 0 Å². The summed E-state index contributed by atoms with van der Waals surface area (Å²) in [7, 11) is -4.06. The highest BCUT2D eigenvalue weighted by Crippen LogP contribution is 2.31. The van der Waals surface area contributed by atoms with Gasteiger partial charge in [0.15, 0.2) is 5.96 Å². The van der Waals surface area contributed by atoms with E-state index < -0.39 is 21.9 Å². The third-order valence-corrected chi connectivity index (χ3v) is 4.53. The van der Waals surface area contributed by atoms with Gasteiger partial charge in [-0.1, -0.05) is 43.7 Å². The van der Waals surface area contributed by atoms with Crippen LogP contribution in [-0.4, -0.2) is 20.3 Å². The van der Waals surface area contributed by atoms with Crippen molar-refractivity contribution >= 4 is 21.9 Å². The average molecular weight is 360 g/mol. The van der Waals surface area contributed by atoms with Crippen molar-refractivity contribution in [3.05, 3.63) is 53.6 Å². The molecule has 0 heterocycles. The van der Waals surface area contributed by atoms with Crippen molar-refractivity contribution < 1.29 is 13.2 Å². The molecule has 0 unspecified atom stereocenters. The number of carbonyl (C=O) groups excluding carboxylic acids is 1. The lowest BCUT2D eigenvalue weighted by molar-refractivity contribution is 0.100. The molecule has 0 bridgehead atoms. The first-order valence-electron chi connectivity index (χ1n) is 7.63. The van der Waals surface area contributed by atoms with Crippen LogP contribution < -0.4 is 16.6 Å². The average Bonchev–Trinajstić information content (AvgIpc) is 2.54. The Labute approximate surface area is 146 Å². The lowest BCUT2D eigenvalue weighted by atomic mass is 9.96. The van der Waals surface area contributed by atoms with Crippen molar-refractivity contribution in [1.82, 2.24) is 0 Å². The number of nitrogens with two attached hydrogens (primary N) is 3. The highest BCUT2D eigenvalue weighted by molar-refractivity contribution is 7.89. The topological polar surface area (TPSA) is 142 Å². The number of amides is 1. The Morgan fingerprint density at radius 2 is 1.76 bits per heavy atom. The first kappa shape index (κ1) is 18.6. The fourth-order valence-corrected chi connectivity index (χ4v) is 3.32. The van der Waals surface area contributed by atoms with Crippen molar-refractivity contribution in [3.8, 4) is 11.1 Å². The summed E-state index contributed by atoms with van der Waals surface area (Å²) in [5.41, 5.74) is 12.4. The van der Waals surface area contributed by atoms with Crippen LogP contribution >= 0.6 is 0 Å². The van der Waals surface area contributed by atoms with E-state index in [9.17, 15) is 13.2 Å². The molecule has 2 aromatic carbocycles. The molecule has 1 amide bonds. The molecule has 6 N–H and O–H groups in total. The van der Waals surface area contributed by atoms with Gasteiger partial charge in [-0.25, -0.2) is 13.6 Å². The van der Waals surface area contributed by atoms with Crippen molar-refractivity contribution in [3.63, 3.8) is 0 Å². The van der Waals surface area contributed by atoms with E-state index in [2.05, 4.69) is 4.99 Å². The van der Waals surface area contributed by atoms with Gasteiger partial charge in [-0.05, 0) is 29.7 Å². The fourth-order valence-electron chi connectivity index (χ4n) is 2.56. The van der Waals surface area contributed by atoms with Crippen molar-refractivity contribution in [2.24, 2.45) is 21.6 Å². The third-order valence-electron chi connectivity index (χ3n) is 3.58. The maximum atomic E-state index is 12.3. The standard InChI is InChI=1S/C17H20N4O3S/c1-2-6-12-9-13(11-7-4-3-5-8-11)15(25(20,23)24)10-14(12)16(22)21-17(18)19/h3-5,7-10H,2,6H2,1H3,(H2,20,23,24)(H4,18,19,21,22). The van der Waals surface area contributed by atoms with E-state index in [1.165, 1.54) is 6.07 Å². The monoisotopic (exact) mass is 360 g/mol. The van der Waals surface area contributed by atoms with Crippen LogP contribution in [0.2, 0.25) is 0 Å². The van der Waals surface area contributed by atoms with Gasteiger partial charge in [0.2, 0.25) is 10.0 Å². The number of sulfonamides is 1. The Bertz CT molecular complexity index is 918. The molecule has 7 nitrogen and oxygen atoms in total. The minimum atomic E-state index is -4.06. The summed E-state index contributed by atoms with van der Waals surface area (Å²) in [6.07, 6.45) is 1.32. The van der Waals surface area contributed by atoms with Crippen LogP contribution in [0.3, 0.4) is 0 Å². The lowest BCUT2D eigenvalue weighted by Crippen LogP contribution is -2.24. The Morgan fingerprint density at radius 1 is 1.12 bits per heavy atom. The molecule has 0 fully saturated rings. The number of hydrogen-bond donors (Lipinski definition) is 3. The van der Waals surface area contributed by atoms with E-state index in [0.29, 0.717) is 23.1 Å². The molecule has 0 radical (unpaired) electrons. The first-order valence-corrected chi connectivity index (χ1v) is 9.17. The van der Waals surface area contributed by atoms with Gasteiger partial charge in [0, 0.05) is 11.1 Å². The molecule has 25 heavy (non-hydrogen) atoms. The predicted molar refractivity (Wildman–Crippen MR) is 97.4 cm³/mol. The molecule has 0 saturated carbocycles. The number of carbonyl (C=O) groups is 1. The zero-order valence-electron chi connectivity index (χ0n) is 13.8. The van der Waals surface area contributed by atoms with Gasteiger partial charge < -0.3 is 11.5 Å². The molecule has 2 aromatic rings. The molecule has 0 saturated heterocycles. The predicted octanol–water partition coefficient (Wildman–Crippen LogP) is 1.37. The number of nitrogens with zero attached hydrogens (tertiary/aromatic N) is 1. The van der Waals surface area contributed by atoms with Gasteiger partial charge >= 0.3 is 0 Å². The van der Waals surface area contributed by atoms with E-state index in [1.807, 2.05) is 13.0 Å². The SMILES string of the molecule is CCCc1cc(-c2ccccc2)c(S(N)(=O)=O)cc1C(=O)N=C(N)N. The van der Waals surface area contributed by atoms with E-state index >= 15 is 0 Å². The van der Waals surface area contributed by atoms with E-state index in [0.717, 1.165) is 6.42 Å². The highest BCUT2D eigenvalue weighted by Gasteiger charge is 2.21. The second-order valence-corrected chi connectivity index (χ2v) is 7.04. The molecular weight excluding hydrogens is 340 g/mol. The molecule has 0 aliphatic carbocycles. The minimum absolute atomic E-state index is 0.124. The van der Waals surface area contributed by atoms with E-state index in [1.54, 1.807) is 30.3 Å². The summed E-state index contributed by atoms with van der Waals surface area (Å²) in [4.78, 5) is 15.7. The van der Waals surface area contributed by atoms with Crippen LogP contribution in [-0.2, 0) is 16.4 Å². The van der Waals surface area contributed by atoms with Crippen LogP contribution in [0.15, 0.2) is 52.4 Å². The molecule has 0 aliphatic heterocycles. The molecule has 0 spiro atoms. The zero-order chi connectivity index (χ0) is 18.6. The normalized spacial score (nSPS) is 11.1. The molecular formula is C17H20N4O3S. The van der Waals surface area contributed by atoms with Crippen LogP contribution in [0.1, 0.15) is 29.3 Å². The van der Waals surface area contributed by atoms with Crippen LogP contribution in [0.5, 0.6) is 0 Å². The van der Waals surface area contributed by atoms with Gasteiger partial charge in [0.25, 0.3) is 5.91 Å². The molecule has 8 heteroatoms. The Morgan fingerprint density at radius 3 is 2.28 bits per heavy atom. The number of hydrogen-bond acceptors (Lipinski definition) is 3. The number of aliphatic imine (C=N–C) groups is 1. The van der Waals surface area contributed by atoms with Crippen LogP contribution in [0.25, 0.3) is 11.1 Å². The van der Waals surface area contributed by atoms with Gasteiger partial charge in [-0.2, -0.15) is 4.99 Å². The molecule has 0 atom stereocenters. The maximum Gasteiger partial charge on any atom is 0.280 e. The van der Waals surface area contributed by atoms with Gasteiger partial charge in [-0.15, -0.1) is 0 Å². The molecule has 0 aromatic heterocycles. The summed E-state index contributed by atoms with van der Waals surface area (Å²) in [6.45, 7) is 1.95. The van der Waals surface area contributed by atoms with Crippen LogP contribution in [0.4, 0.5) is 0 Å². The summed E-state index contributed by atoms with van der Waals surface area (Å²) >= 11 is 0. The second kappa shape index (κ2) is 7.45. The van der Waals surface area contributed by atoms with Crippen molar-refractivity contribution in [1.29, 1.82) is 0 Å². The summed E-state index contributed by atoms with van der Waals surface area (Å²) < 4.78 is 24.1. The summed E-state index contributed by atoms with van der Waals surface area (Å²) in [5, 5.41) is 5.36.